The number of guanidine groups is 1. The highest BCUT2D eigenvalue weighted by Gasteiger charge is 2.26. The van der Waals surface area contributed by atoms with Crippen molar-refractivity contribution in [2.75, 3.05) is 33.3 Å². The molecule has 1 aliphatic heterocycles. The Morgan fingerprint density at radius 1 is 1.32 bits per heavy atom. The summed E-state index contributed by atoms with van der Waals surface area (Å²) in [6.07, 6.45) is 0.247. The Morgan fingerprint density at radius 2 is 2.11 bits per heavy atom. The van der Waals surface area contributed by atoms with E-state index in [0.29, 0.717) is 6.54 Å². The molecule has 2 atom stereocenters. The molecule has 8 heteroatoms. The monoisotopic (exact) mass is 518 g/mol. The molecule has 0 saturated carbocycles. The molecule has 1 aliphatic rings. The van der Waals surface area contributed by atoms with E-state index in [1.807, 2.05) is 0 Å². The zero-order chi connectivity index (χ0) is 19.1. The molecule has 28 heavy (non-hydrogen) atoms. The number of morpholine rings is 1. The van der Waals surface area contributed by atoms with Crippen LogP contribution in [0, 0.1) is 5.82 Å². The van der Waals surface area contributed by atoms with Crippen LogP contribution in [0.25, 0.3) is 0 Å². The lowest BCUT2D eigenvalue weighted by molar-refractivity contribution is -0.0334. The lowest BCUT2D eigenvalue weighted by Crippen LogP contribution is -2.47. The largest absolute Gasteiger partial charge is 0.376 e. The maximum absolute atomic E-state index is 13.0. The molecule has 154 valence electrons. The van der Waals surface area contributed by atoms with Crippen molar-refractivity contribution in [3.8, 4) is 0 Å². The van der Waals surface area contributed by atoms with Gasteiger partial charge >= 0.3 is 0 Å². The highest BCUT2D eigenvalue weighted by molar-refractivity contribution is 14.0. The zero-order valence-corrected chi connectivity index (χ0v) is 19.4. The van der Waals surface area contributed by atoms with E-state index in [1.165, 1.54) is 17.0 Å². The summed E-state index contributed by atoms with van der Waals surface area (Å²) < 4.78 is 18.7. The quantitative estimate of drug-likeness (QED) is 0.349. The molecule has 2 heterocycles. The summed E-state index contributed by atoms with van der Waals surface area (Å²) in [6.45, 7) is 6.09. The standard InChI is InChI=1S/C20H27FN4OS.HI/c1-15-14-25(9-10-26-15)18(19-4-3-11-27-19)13-24-20(22-2)23-12-16-5-7-17(21)8-6-16;/h3-8,11,15,18H,9-10,12-14H2,1-2H3,(H2,22,23,24);1H. The van der Waals surface area contributed by atoms with Crippen LogP contribution < -0.4 is 10.6 Å². The molecule has 2 aromatic rings. The van der Waals surface area contributed by atoms with Gasteiger partial charge in [0.2, 0.25) is 0 Å². The average Bonchev–Trinajstić information content (AvgIpc) is 3.20. The van der Waals surface area contributed by atoms with Crippen LogP contribution in [0.4, 0.5) is 4.39 Å². The van der Waals surface area contributed by atoms with Crippen molar-refractivity contribution in [2.24, 2.45) is 4.99 Å². The van der Waals surface area contributed by atoms with E-state index >= 15 is 0 Å². The first-order valence-electron chi connectivity index (χ1n) is 9.23. The number of aliphatic imine (C=N–C) groups is 1. The summed E-state index contributed by atoms with van der Waals surface area (Å²) in [5.41, 5.74) is 1.01. The molecule has 0 bridgehead atoms. The molecule has 0 amide bonds. The van der Waals surface area contributed by atoms with Crippen LogP contribution >= 0.6 is 35.3 Å². The third kappa shape index (κ3) is 6.68. The summed E-state index contributed by atoms with van der Waals surface area (Å²) in [7, 11) is 1.76. The SMILES string of the molecule is CN=C(NCc1ccc(F)cc1)NCC(c1cccs1)N1CCOC(C)C1.I. The van der Waals surface area contributed by atoms with Crippen LogP contribution in [-0.4, -0.2) is 50.3 Å². The number of hydrogen-bond donors (Lipinski definition) is 2. The number of halogens is 2. The minimum atomic E-state index is -0.222. The molecule has 0 aliphatic carbocycles. The number of nitrogens with zero attached hydrogens (tertiary/aromatic N) is 2. The second-order valence-electron chi connectivity index (χ2n) is 6.64. The molecule has 0 spiro atoms. The number of ether oxygens (including phenoxy) is 1. The van der Waals surface area contributed by atoms with E-state index in [0.717, 1.165) is 37.8 Å². The van der Waals surface area contributed by atoms with Crippen LogP contribution in [0.2, 0.25) is 0 Å². The van der Waals surface area contributed by atoms with Crippen LogP contribution in [0.15, 0.2) is 46.8 Å². The van der Waals surface area contributed by atoms with E-state index in [9.17, 15) is 4.39 Å². The lowest BCUT2D eigenvalue weighted by atomic mass is 10.1. The van der Waals surface area contributed by atoms with Gasteiger partial charge in [0, 0.05) is 38.1 Å². The van der Waals surface area contributed by atoms with Crippen molar-refractivity contribution in [1.82, 2.24) is 15.5 Å². The maximum atomic E-state index is 13.0. The number of nitrogens with one attached hydrogen (secondary N) is 2. The zero-order valence-electron chi connectivity index (χ0n) is 16.2. The van der Waals surface area contributed by atoms with Gasteiger partial charge < -0.3 is 15.4 Å². The Morgan fingerprint density at radius 3 is 2.75 bits per heavy atom. The van der Waals surface area contributed by atoms with Crippen LogP contribution in [-0.2, 0) is 11.3 Å². The fraction of sp³-hybridized carbons (Fsp3) is 0.450. The fourth-order valence-electron chi connectivity index (χ4n) is 3.22. The molecule has 1 aromatic carbocycles. The normalized spacial score (nSPS) is 19.0. The maximum Gasteiger partial charge on any atom is 0.191 e. The van der Waals surface area contributed by atoms with Crippen molar-refractivity contribution in [3.05, 3.63) is 58.0 Å². The van der Waals surface area contributed by atoms with Crippen molar-refractivity contribution in [1.29, 1.82) is 0 Å². The van der Waals surface area contributed by atoms with E-state index in [1.54, 1.807) is 30.5 Å². The highest BCUT2D eigenvalue weighted by Crippen LogP contribution is 2.26. The molecular formula is C20H28FIN4OS. The summed E-state index contributed by atoms with van der Waals surface area (Å²) >= 11 is 1.78. The third-order valence-electron chi connectivity index (χ3n) is 4.64. The van der Waals surface area contributed by atoms with Crippen molar-refractivity contribution >= 4 is 41.3 Å². The van der Waals surface area contributed by atoms with Gasteiger partial charge in [-0.05, 0) is 36.1 Å². The van der Waals surface area contributed by atoms with Gasteiger partial charge in [-0.15, -0.1) is 35.3 Å². The minimum absolute atomic E-state index is 0. The molecule has 5 nitrogen and oxygen atoms in total. The van der Waals surface area contributed by atoms with Gasteiger partial charge in [-0.3, -0.25) is 9.89 Å². The number of thiophene rings is 1. The van der Waals surface area contributed by atoms with E-state index in [4.69, 9.17) is 4.74 Å². The first-order chi connectivity index (χ1) is 13.2. The van der Waals surface area contributed by atoms with Crippen molar-refractivity contribution in [2.45, 2.75) is 25.6 Å². The number of rotatable bonds is 6. The molecular weight excluding hydrogens is 490 g/mol. The summed E-state index contributed by atoms with van der Waals surface area (Å²) in [5, 5.41) is 8.85. The Balaban J connectivity index is 0.00000280. The summed E-state index contributed by atoms with van der Waals surface area (Å²) in [5.74, 6) is 0.516. The Hall–Kier alpha value is -1.23. The molecule has 1 aromatic heterocycles. The Kier molecular flexibility index (Phi) is 9.63. The average molecular weight is 518 g/mol. The smallest absolute Gasteiger partial charge is 0.191 e. The molecule has 3 rings (SSSR count). The Bertz CT molecular complexity index is 726. The minimum Gasteiger partial charge on any atom is -0.376 e. The van der Waals surface area contributed by atoms with Crippen LogP contribution in [0.1, 0.15) is 23.4 Å². The summed E-state index contributed by atoms with van der Waals surface area (Å²) in [4.78, 5) is 8.13. The molecule has 0 radical (unpaired) electrons. The molecule has 2 unspecified atom stereocenters. The van der Waals surface area contributed by atoms with Crippen molar-refractivity contribution in [3.63, 3.8) is 0 Å². The molecule has 2 N–H and O–H groups in total. The van der Waals surface area contributed by atoms with Gasteiger partial charge in [0.25, 0.3) is 0 Å². The van der Waals surface area contributed by atoms with E-state index in [-0.39, 0.29) is 41.9 Å². The third-order valence-corrected chi connectivity index (χ3v) is 5.62. The van der Waals surface area contributed by atoms with Crippen molar-refractivity contribution < 1.29 is 9.13 Å². The topological polar surface area (TPSA) is 48.9 Å². The number of benzene rings is 1. The van der Waals surface area contributed by atoms with Gasteiger partial charge in [0.05, 0.1) is 18.8 Å². The first-order valence-corrected chi connectivity index (χ1v) is 10.1. The van der Waals surface area contributed by atoms with Gasteiger partial charge in [-0.1, -0.05) is 18.2 Å². The lowest BCUT2D eigenvalue weighted by Gasteiger charge is -2.37. The van der Waals surface area contributed by atoms with E-state index < -0.39 is 0 Å². The predicted octanol–water partition coefficient (Wildman–Crippen LogP) is 3.63. The fourth-order valence-corrected chi connectivity index (χ4v) is 4.08. The van der Waals surface area contributed by atoms with E-state index in [2.05, 4.69) is 45.0 Å². The van der Waals surface area contributed by atoms with Crippen LogP contribution in [0.3, 0.4) is 0 Å². The van der Waals surface area contributed by atoms with Crippen LogP contribution in [0.5, 0.6) is 0 Å². The second kappa shape index (κ2) is 11.7. The predicted molar refractivity (Wildman–Crippen MR) is 124 cm³/mol. The first kappa shape index (κ1) is 23.1. The highest BCUT2D eigenvalue weighted by atomic mass is 127. The Labute approximate surface area is 187 Å². The molecule has 1 saturated heterocycles. The van der Waals surface area contributed by atoms with Gasteiger partial charge in [-0.25, -0.2) is 4.39 Å². The summed E-state index contributed by atoms with van der Waals surface area (Å²) in [6, 6.07) is 11.1. The van der Waals surface area contributed by atoms with Gasteiger partial charge in [-0.2, -0.15) is 0 Å². The number of hydrogen-bond acceptors (Lipinski definition) is 4. The van der Waals surface area contributed by atoms with Gasteiger partial charge in [0.15, 0.2) is 5.96 Å². The molecule has 1 fully saturated rings. The second-order valence-corrected chi connectivity index (χ2v) is 7.62. The van der Waals surface area contributed by atoms with Gasteiger partial charge in [0.1, 0.15) is 5.82 Å².